The summed E-state index contributed by atoms with van der Waals surface area (Å²) >= 11 is 0. The normalized spacial score (nSPS) is 11.2. The number of hydrogen-bond donors (Lipinski definition) is 2. The minimum Gasteiger partial charge on any atom is -0.480 e. The molecule has 0 unspecified atom stereocenters. The lowest BCUT2D eigenvalue weighted by Crippen LogP contribution is -2.32. The molecule has 3 N–H and O–H groups in total. The largest absolute Gasteiger partial charge is 0.480 e. The number of benzene rings is 1. The van der Waals surface area contributed by atoms with Crippen LogP contribution in [0.5, 0.6) is 0 Å². The first kappa shape index (κ1) is 17.1. The molecule has 2 aromatic heterocycles. The Morgan fingerprint density at radius 1 is 1.04 bits per heavy atom. The van der Waals surface area contributed by atoms with Gasteiger partial charge in [0.2, 0.25) is 0 Å². The molecule has 2 heterocycles. The topological polar surface area (TPSA) is 116 Å². The zero-order valence-corrected chi connectivity index (χ0v) is 12.8. The van der Waals surface area contributed by atoms with Crippen molar-refractivity contribution >= 4 is 12.0 Å². The summed E-state index contributed by atoms with van der Waals surface area (Å²) in [7, 11) is 0. The van der Waals surface area contributed by atoms with Gasteiger partial charge in [-0.3, -0.25) is 13.9 Å². The molecule has 124 valence electrons. The fourth-order valence-electron chi connectivity index (χ4n) is 1.83. The van der Waals surface area contributed by atoms with Crippen LogP contribution < -0.4 is 5.73 Å². The molecule has 0 spiro atoms. The zero-order chi connectivity index (χ0) is 17.4. The van der Waals surface area contributed by atoms with Crippen LogP contribution in [0, 0.1) is 0 Å². The number of aromatic nitrogens is 4. The molecule has 1 atom stereocenters. The molecule has 1 aromatic carbocycles. The number of imidazole rings is 2. The fourth-order valence-corrected chi connectivity index (χ4v) is 1.83. The summed E-state index contributed by atoms with van der Waals surface area (Å²) in [5.74, 6) is -0.959. The van der Waals surface area contributed by atoms with Gasteiger partial charge >= 0.3 is 12.0 Å². The van der Waals surface area contributed by atoms with Gasteiger partial charge in [0.1, 0.15) is 18.7 Å². The molecule has 0 aliphatic carbocycles. The van der Waals surface area contributed by atoms with Crippen molar-refractivity contribution in [2.24, 2.45) is 5.73 Å². The number of rotatable bonds is 3. The fraction of sp³-hybridized carbons (Fsp3) is 0.125. The van der Waals surface area contributed by atoms with Gasteiger partial charge in [-0.15, -0.1) is 0 Å². The van der Waals surface area contributed by atoms with Gasteiger partial charge in [-0.1, -0.05) is 30.3 Å². The van der Waals surface area contributed by atoms with E-state index in [1.165, 1.54) is 21.8 Å². The summed E-state index contributed by atoms with van der Waals surface area (Å²) in [6, 6.07) is 8.35. The van der Waals surface area contributed by atoms with Crippen LogP contribution in [0.2, 0.25) is 0 Å². The summed E-state index contributed by atoms with van der Waals surface area (Å²) in [6.45, 7) is 0. The third-order valence-electron chi connectivity index (χ3n) is 3.07. The van der Waals surface area contributed by atoms with E-state index in [4.69, 9.17) is 10.8 Å². The van der Waals surface area contributed by atoms with E-state index in [9.17, 15) is 9.59 Å². The summed E-state index contributed by atoms with van der Waals surface area (Å²) in [5, 5.41) is 8.52. The molecule has 8 heteroatoms. The smallest absolute Gasteiger partial charge is 0.338 e. The lowest BCUT2D eigenvalue weighted by Gasteiger charge is -2.04. The molecule has 3 aromatic rings. The van der Waals surface area contributed by atoms with Gasteiger partial charge in [-0.05, 0) is 12.0 Å². The van der Waals surface area contributed by atoms with Gasteiger partial charge in [0.15, 0.2) is 0 Å². The second-order valence-corrected chi connectivity index (χ2v) is 4.86. The Bertz CT molecular complexity index is 718. The number of carboxylic acids is 1. The first-order chi connectivity index (χ1) is 11.6. The van der Waals surface area contributed by atoms with E-state index in [-0.39, 0.29) is 6.03 Å². The number of carboxylic acid groups (broad SMARTS) is 1. The summed E-state index contributed by atoms with van der Waals surface area (Å²) < 4.78 is 2.75. The number of nitrogens with zero attached hydrogens (tertiary/aromatic N) is 4. The molecular formula is C16H17N5O3. The van der Waals surface area contributed by atoms with Gasteiger partial charge in [-0.25, -0.2) is 14.8 Å². The molecule has 0 aliphatic rings. The Kier molecular flexibility index (Phi) is 5.98. The quantitative estimate of drug-likeness (QED) is 0.747. The van der Waals surface area contributed by atoms with E-state index in [0.717, 1.165) is 5.56 Å². The molecule has 0 fully saturated rings. The minimum absolute atomic E-state index is 0.190. The molecule has 3 rings (SSSR count). The van der Waals surface area contributed by atoms with Crippen molar-refractivity contribution in [3.63, 3.8) is 0 Å². The highest BCUT2D eigenvalue weighted by Crippen LogP contribution is 2.01. The van der Waals surface area contributed by atoms with Crippen molar-refractivity contribution in [2.75, 3.05) is 0 Å². The van der Waals surface area contributed by atoms with Gasteiger partial charge < -0.3 is 10.8 Å². The first-order valence-electron chi connectivity index (χ1n) is 7.11. The monoisotopic (exact) mass is 327 g/mol. The Balaban J connectivity index is 0.000000174. The Labute approximate surface area is 138 Å². The van der Waals surface area contributed by atoms with E-state index in [0.29, 0.717) is 6.42 Å². The van der Waals surface area contributed by atoms with Crippen LogP contribution in [-0.4, -0.2) is 42.3 Å². The number of nitrogens with two attached hydrogens (primary N) is 1. The second kappa shape index (κ2) is 8.39. The van der Waals surface area contributed by atoms with Crippen molar-refractivity contribution in [3.05, 3.63) is 73.3 Å². The van der Waals surface area contributed by atoms with Crippen molar-refractivity contribution in [3.8, 4) is 0 Å². The Morgan fingerprint density at radius 2 is 1.58 bits per heavy atom. The lowest BCUT2D eigenvalue weighted by atomic mass is 10.1. The van der Waals surface area contributed by atoms with Crippen molar-refractivity contribution in [1.82, 2.24) is 19.1 Å². The number of carbonyl (C=O) groups excluding carboxylic acids is 1. The van der Waals surface area contributed by atoms with E-state index in [1.54, 1.807) is 24.8 Å². The maximum Gasteiger partial charge on any atom is 0.338 e. The average Bonchev–Trinajstić information content (AvgIpc) is 3.29. The van der Waals surface area contributed by atoms with Crippen LogP contribution in [0.3, 0.4) is 0 Å². The predicted octanol–water partition coefficient (Wildman–Crippen LogP) is 1.24. The Morgan fingerprint density at radius 3 is 2.00 bits per heavy atom. The summed E-state index contributed by atoms with van der Waals surface area (Å²) in [6.07, 6.45) is 9.55. The SMILES string of the molecule is N[C@@H](Cc1ccccc1)C(=O)O.O=C(n1ccnc1)n1ccnc1. The molecule has 0 bridgehead atoms. The van der Waals surface area contributed by atoms with Gasteiger partial charge in [0, 0.05) is 24.8 Å². The van der Waals surface area contributed by atoms with Gasteiger partial charge in [-0.2, -0.15) is 0 Å². The standard InChI is InChI=1S/C9H11NO2.C7H6N4O/c10-8(9(11)12)6-7-4-2-1-3-5-7;12-7(10-3-1-8-5-10)11-4-2-9-6-11/h1-5,8H,6,10H2,(H,11,12);1-6H/t8-;/m0./s1. The number of carbonyl (C=O) groups is 2. The molecule has 8 nitrogen and oxygen atoms in total. The molecule has 0 aliphatic heterocycles. The molecule has 0 radical (unpaired) electrons. The maximum atomic E-state index is 11.4. The van der Waals surface area contributed by atoms with Gasteiger partial charge in [0.05, 0.1) is 0 Å². The molecule has 0 saturated carbocycles. The number of hydrogen-bond acceptors (Lipinski definition) is 5. The van der Waals surface area contributed by atoms with E-state index in [1.807, 2.05) is 30.3 Å². The van der Waals surface area contributed by atoms with E-state index >= 15 is 0 Å². The molecule has 24 heavy (non-hydrogen) atoms. The molecule has 0 saturated heterocycles. The third-order valence-corrected chi connectivity index (χ3v) is 3.07. The second-order valence-electron chi connectivity index (χ2n) is 4.86. The summed E-state index contributed by atoms with van der Waals surface area (Å²) in [4.78, 5) is 29.3. The Hall–Kier alpha value is -3.26. The van der Waals surface area contributed by atoms with Crippen molar-refractivity contribution < 1.29 is 14.7 Å². The van der Waals surface area contributed by atoms with E-state index in [2.05, 4.69) is 9.97 Å². The van der Waals surface area contributed by atoms with Crippen LogP contribution in [0.4, 0.5) is 4.79 Å². The van der Waals surface area contributed by atoms with Crippen LogP contribution in [-0.2, 0) is 11.2 Å². The van der Waals surface area contributed by atoms with Crippen molar-refractivity contribution in [1.29, 1.82) is 0 Å². The molecular weight excluding hydrogens is 310 g/mol. The zero-order valence-electron chi connectivity index (χ0n) is 12.8. The summed E-state index contributed by atoms with van der Waals surface area (Å²) in [5.41, 5.74) is 6.30. The van der Waals surface area contributed by atoms with Crippen LogP contribution >= 0.6 is 0 Å². The first-order valence-corrected chi connectivity index (χ1v) is 7.11. The average molecular weight is 327 g/mol. The van der Waals surface area contributed by atoms with E-state index < -0.39 is 12.0 Å². The molecule has 0 amide bonds. The number of aliphatic carboxylic acids is 1. The lowest BCUT2D eigenvalue weighted by molar-refractivity contribution is -0.138. The van der Waals surface area contributed by atoms with Crippen LogP contribution in [0.25, 0.3) is 0 Å². The van der Waals surface area contributed by atoms with Crippen LogP contribution in [0.15, 0.2) is 67.8 Å². The minimum atomic E-state index is -0.959. The van der Waals surface area contributed by atoms with Crippen molar-refractivity contribution in [2.45, 2.75) is 12.5 Å². The highest BCUT2D eigenvalue weighted by molar-refractivity contribution is 5.78. The van der Waals surface area contributed by atoms with Gasteiger partial charge in [0.25, 0.3) is 0 Å². The highest BCUT2D eigenvalue weighted by Gasteiger charge is 2.10. The third kappa shape index (κ3) is 4.89. The maximum absolute atomic E-state index is 11.4. The highest BCUT2D eigenvalue weighted by atomic mass is 16.4. The predicted molar refractivity (Wildman–Crippen MR) is 86.4 cm³/mol. The van der Waals surface area contributed by atoms with Crippen LogP contribution in [0.1, 0.15) is 5.56 Å².